The van der Waals surface area contributed by atoms with Gasteiger partial charge in [0.1, 0.15) is 11.6 Å². The lowest BCUT2D eigenvalue weighted by Gasteiger charge is -2.08. The number of halogens is 1. The third-order valence-corrected chi connectivity index (χ3v) is 4.25. The highest BCUT2D eigenvalue weighted by atomic mass is 19.1. The Morgan fingerprint density at radius 3 is 1.74 bits per heavy atom. The Bertz CT molecular complexity index is 940. The molecule has 0 bridgehead atoms. The van der Waals surface area contributed by atoms with Crippen LogP contribution in [0.1, 0.15) is 51.6 Å². The molecule has 0 fully saturated rings. The summed E-state index contributed by atoms with van der Waals surface area (Å²) in [7, 11) is 0. The molecule has 0 amide bonds. The van der Waals surface area contributed by atoms with Gasteiger partial charge in [-0.1, -0.05) is 26.0 Å². The summed E-state index contributed by atoms with van der Waals surface area (Å²) < 4.78 is 18.3. The average molecular weight is 362 g/mol. The Balaban J connectivity index is 1.69. The van der Waals surface area contributed by atoms with Gasteiger partial charge in [-0.15, -0.1) is 0 Å². The molecule has 0 saturated carbocycles. The summed E-state index contributed by atoms with van der Waals surface area (Å²) in [5.74, 6) is -0.333. The van der Waals surface area contributed by atoms with E-state index in [2.05, 4.69) is 13.8 Å². The van der Waals surface area contributed by atoms with Gasteiger partial charge in [0.15, 0.2) is 5.78 Å². The molecule has 0 heterocycles. The standard InChI is InChI=1S/C23H19FO3/c1-15(2)16-3-5-19(6-4-16)23(26)27-21-13-9-18(10-14-21)22(25)17-7-11-20(24)12-8-17/h3-15H,1-2H3. The van der Waals surface area contributed by atoms with Crippen LogP contribution in [0, 0.1) is 5.82 Å². The molecule has 3 nitrogen and oxygen atoms in total. The van der Waals surface area contributed by atoms with Crippen LogP contribution in [0.2, 0.25) is 0 Å². The summed E-state index contributed by atoms with van der Waals surface area (Å²) in [6, 6.07) is 19.0. The number of hydrogen-bond donors (Lipinski definition) is 0. The molecule has 0 aliphatic rings. The number of ether oxygens (including phenoxy) is 1. The Morgan fingerprint density at radius 2 is 1.22 bits per heavy atom. The van der Waals surface area contributed by atoms with Crippen molar-refractivity contribution in [3.8, 4) is 5.75 Å². The van der Waals surface area contributed by atoms with Crippen molar-refractivity contribution in [2.24, 2.45) is 0 Å². The molecule has 0 atom stereocenters. The van der Waals surface area contributed by atoms with Crippen LogP contribution in [0.3, 0.4) is 0 Å². The quantitative estimate of drug-likeness (QED) is 0.347. The summed E-state index contributed by atoms with van der Waals surface area (Å²) >= 11 is 0. The normalized spacial score (nSPS) is 10.7. The lowest BCUT2D eigenvalue weighted by atomic mass is 10.0. The molecule has 3 aromatic carbocycles. The van der Waals surface area contributed by atoms with Gasteiger partial charge < -0.3 is 4.74 Å². The number of benzene rings is 3. The number of carbonyl (C=O) groups excluding carboxylic acids is 2. The Kier molecular flexibility index (Phi) is 5.46. The van der Waals surface area contributed by atoms with Crippen LogP contribution < -0.4 is 4.74 Å². The van der Waals surface area contributed by atoms with Crippen molar-refractivity contribution >= 4 is 11.8 Å². The first-order valence-corrected chi connectivity index (χ1v) is 8.66. The van der Waals surface area contributed by atoms with E-state index >= 15 is 0 Å². The topological polar surface area (TPSA) is 43.4 Å². The largest absolute Gasteiger partial charge is 0.423 e. The van der Waals surface area contributed by atoms with Crippen molar-refractivity contribution in [3.05, 3.63) is 101 Å². The van der Waals surface area contributed by atoms with Gasteiger partial charge in [0.25, 0.3) is 0 Å². The first-order valence-electron chi connectivity index (χ1n) is 8.66. The van der Waals surface area contributed by atoms with Crippen LogP contribution in [-0.4, -0.2) is 11.8 Å². The second kappa shape index (κ2) is 7.96. The van der Waals surface area contributed by atoms with Crippen LogP contribution in [0.15, 0.2) is 72.8 Å². The first-order chi connectivity index (χ1) is 12.9. The summed E-state index contributed by atoms with van der Waals surface area (Å²) in [6.07, 6.45) is 0. The maximum atomic E-state index is 13.0. The molecular formula is C23H19FO3. The van der Waals surface area contributed by atoms with Gasteiger partial charge >= 0.3 is 5.97 Å². The highest BCUT2D eigenvalue weighted by Crippen LogP contribution is 2.19. The summed E-state index contributed by atoms with van der Waals surface area (Å²) in [4.78, 5) is 24.6. The minimum absolute atomic E-state index is 0.225. The molecule has 3 aromatic rings. The molecule has 3 rings (SSSR count). The number of ketones is 1. The fourth-order valence-electron chi connectivity index (χ4n) is 2.61. The van der Waals surface area contributed by atoms with Gasteiger partial charge in [-0.25, -0.2) is 9.18 Å². The van der Waals surface area contributed by atoms with Crippen molar-refractivity contribution in [1.82, 2.24) is 0 Å². The zero-order valence-corrected chi connectivity index (χ0v) is 15.1. The zero-order chi connectivity index (χ0) is 19.4. The summed E-state index contributed by atoms with van der Waals surface area (Å²) in [5.41, 5.74) is 2.44. The molecule has 136 valence electrons. The van der Waals surface area contributed by atoms with Gasteiger partial charge in [-0.2, -0.15) is 0 Å². The van der Waals surface area contributed by atoms with Gasteiger partial charge in [-0.05, 0) is 72.1 Å². The first kappa shape index (κ1) is 18.5. The van der Waals surface area contributed by atoms with Crippen molar-refractivity contribution in [2.75, 3.05) is 0 Å². The molecule has 0 aliphatic carbocycles. The number of rotatable bonds is 5. The van der Waals surface area contributed by atoms with Crippen molar-refractivity contribution in [3.63, 3.8) is 0 Å². The van der Waals surface area contributed by atoms with Crippen LogP contribution in [0.25, 0.3) is 0 Å². The predicted molar refractivity (Wildman–Crippen MR) is 102 cm³/mol. The molecule has 0 aromatic heterocycles. The molecule has 0 saturated heterocycles. The maximum Gasteiger partial charge on any atom is 0.343 e. The lowest BCUT2D eigenvalue weighted by Crippen LogP contribution is -2.09. The third kappa shape index (κ3) is 4.47. The molecule has 27 heavy (non-hydrogen) atoms. The summed E-state index contributed by atoms with van der Waals surface area (Å²) in [6.45, 7) is 4.17. The van der Waals surface area contributed by atoms with E-state index < -0.39 is 11.8 Å². The van der Waals surface area contributed by atoms with Gasteiger partial charge in [0.2, 0.25) is 0 Å². The van der Waals surface area contributed by atoms with E-state index in [0.717, 1.165) is 5.56 Å². The van der Waals surface area contributed by atoms with Gasteiger partial charge in [0, 0.05) is 11.1 Å². The van der Waals surface area contributed by atoms with Gasteiger partial charge in [0.05, 0.1) is 5.56 Å². The fraction of sp³-hybridized carbons (Fsp3) is 0.130. The average Bonchev–Trinajstić information content (AvgIpc) is 2.68. The number of esters is 1. The minimum Gasteiger partial charge on any atom is -0.423 e. The molecule has 0 N–H and O–H groups in total. The van der Waals surface area contributed by atoms with Crippen LogP contribution in [0.5, 0.6) is 5.75 Å². The number of hydrogen-bond acceptors (Lipinski definition) is 3. The molecule has 0 unspecified atom stereocenters. The summed E-state index contributed by atoms with van der Waals surface area (Å²) in [5, 5.41) is 0. The molecular weight excluding hydrogens is 343 g/mol. The van der Waals surface area contributed by atoms with E-state index in [9.17, 15) is 14.0 Å². The maximum absolute atomic E-state index is 13.0. The van der Waals surface area contributed by atoms with Crippen LogP contribution in [-0.2, 0) is 0 Å². The minimum atomic E-state index is -0.456. The molecule has 0 spiro atoms. The van der Waals surface area contributed by atoms with E-state index in [0.29, 0.717) is 28.4 Å². The Morgan fingerprint density at radius 1 is 0.741 bits per heavy atom. The smallest absolute Gasteiger partial charge is 0.343 e. The predicted octanol–water partition coefficient (Wildman–Crippen LogP) is 5.40. The second-order valence-corrected chi connectivity index (χ2v) is 6.53. The fourth-order valence-corrected chi connectivity index (χ4v) is 2.61. The van der Waals surface area contributed by atoms with E-state index in [4.69, 9.17) is 4.74 Å². The Labute approximate surface area is 157 Å². The van der Waals surface area contributed by atoms with Gasteiger partial charge in [-0.3, -0.25) is 4.79 Å². The SMILES string of the molecule is CC(C)c1ccc(C(=O)Oc2ccc(C(=O)c3ccc(F)cc3)cc2)cc1. The van der Waals surface area contributed by atoms with Crippen molar-refractivity contribution in [2.45, 2.75) is 19.8 Å². The number of carbonyl (C=O) groups is 2. The van der Waals surface area contributed by atoms with E-state index in [1.54, 1.807) is 36.4 Å². The second-order valence-electron chi connectivity index (χ2n) is 6.53. The van der Waals surface area contributed by atoms with Crippen molar-refractivity contribution in [1.29, 1.82) is 0 Å². The highest BCUT2D eigenvalue weighted by molar-refractivity contribution is 6.09. The van der Waals surface area contributed by atoms with Crippen molar-refractivity contribution < 1.29 is 18.7 Å². The Hall–Kier alpha value is -3.27. The van der Waals surface area contributed by atoms with E-state index in [1.165, 1.54) is 24.3 Å². The monoisotopic (exact) mass is 362 g/mol. The third-order valence-electron chi connectivity index (χ3n) is 4.25. The van der Waals surface area contributed by atoms with E-state index in [1.807, 2.05) is 12.1 Å². The lowest BCUT2D eigenvalue weighted by molar-refractivity contribution is 0.0734. The van der Waals surface area contributed by atoms with Crippen LogP contribution in [0.4, 0.5) is 4.39 Å². The zero-order valence-electron chi connectivity index (χ0n) is 15.1. The van der Waals surface area contributed by atoms with E-state index in [-0.39, 0.29) is 5.78 Å². The molecule has 4 heteroatoms. The molecule has 0 radical (unpaired) electrons. The molecule has 0 aliphatic heterocycles. The highest BCUT2D eigenvalue weighted by Gasteiger charge is 2.12. The van der Waals surface area contributed by atoms with Crippen LogP contribution >= 0.6 is 0 Å².